The first-order chi connectivity index (χ1) is 13.3. The van der Waals surface area contributed by atoms with Crippen molar-refractivity contribution in [1.29, 1.82) is 0 Å². The molecule has 0 spiro atoms. The van der Waals surface area contributed by atoms with Crippen molar-refractivity contribution < 1.29 is 19.1 Å². The maximum Gasteiger partial charge on any atom is 0.226 e. The lowest BCUT2D eigenvalue weighted by Gasteiger charge is -2.30. The van der Waals surface area contributed by atoms with E-state index < -0.39 is 0 Å². The number of Topliss-reactive ketones (excluding diaryl/α,β-unsaturated/α-hetero) is 1. The summed E-state index contributed by atoms with van der Waals surface area (Å²) < 4.78 is 10.8. The molecule has 1 aliphatic rings. The van der Waals surface area contributed by atoms with E-state index >= 15 is 0 Å². The Hall–Kier alpha value is -0.940. The molecule has 0 bridgehead atoms. The van der Waals surface area contributed by atoms with Crippen LogP contribution in [-0.4, -0.2) is 44.7 Å². The number of hydrogen-bond acceptors (Lipinski definition) is 4. The normalized spacial score (nSPS) is 23.6. The molecule has 1 N–H and O–H groups in total. The lowest BCUT2D eigenvalue weighted by molar-refractivity contribution is -0.131. The minimum absolute atomic E-state index is 0.136. The van der Waals surface area contributed by atoms with Crippen LogP contribution >= 0.6 is 0 Å². The van der Waals surface area contributed by atoms with Crippen molar-refractivity contribution in [3.63, 3.8) is 0 Å². The molecule has 0 aromatic heterocycles. The second-order valence-electron chi connectivity index (χ2n) is 9.43. The summed E-state index contributed by atoms with van der Waals surface area (Å²) >= 11 is 0. The first kappa shape index (κ1) is 25.1. The van der Waals surface area contributed by atoms with Crippen molar-refractivity contribution in [3.8, 4) is 0 Å². The average molecular weight is 398 g/mol. The fraction of sp³-hybridized carbons (Fsp3) is 0.913. The number of nitrogens with one attached hydrogen (secondary N) is 1. The van der Waals surface area contributed by atoms with Gasteiger partial charge in [0.1, 0.15) is 5.78 Å². The number of ether oxygens (including phenoxy) is 2. The molecule has 0 radical (unpaired) electrons. The zero-order valence-electron chi connectivity index (χ0n) is 18.7. The summed E-state index contributed by atoms with van der Waals surface area (Å²) in [6.45, 7) is 10.9. The van der Waals surface area contributed by atoms with Gasteiger partial charge in [0.05, 0.1) is 26.4 Å². The molecule has 5 heteroatoms. The molecule has 0 aliphatic heterocycles. The van der Waals surface area contributed by atoms with Gasteiger partial charge in [-0.2, -0.15) is 0 Å². The largest absolute Gasteiger partial charge is 0.379 e. The molecule has 1 unspecified atom stereocenters. The Kier molecular flexibility index (Phi) is 11.9. The van der Waals surface area contributed by atoms with Crippen molar-refractivity contribution in [2.24, 2.45) is 10.8 Å². The number of hydrogen-bond donors (Lipinski definition) is 1. The van der Waals surface area contributed by atoms with Crippen LogP contribution in [0, 0.1) is 10.8 Å². The van der Waals surface area contributed by atoms with Crippen LogP contribution in [0.15, 0.2) is 0 Å². The highest BCUT2D eigenvalue weighted by molar-refractivity contribution is 5.82. The van der Waals surface area contributed by atoms with E-state index in [1.54, 1.807) is 6.92 Å². The minimum Gasteiger partial charge on any atom is -0.379 e. The zero-order valence-corrected chi connectivity index (χ0v) is 18.7. The third kappa shape index (κ3) is 11.2. The molecule has 164 valence electrons. The molecule has 28 heavy (non-hydrogen) atoms. The quantitative estimate of drug-likeness (QED) is 0.544. The highest BCUT2D eigenvalue weighted by Gasteiger charge is 2.33. The Morgan fingerprint density at radius 1 is 0.786 bits per heavy atom. The number of carbonyl (C=O) groups excluding carboxylic acids is 2. The maximum atomic E-state index is 12.8. The first-order valence-corrected chi connectivity index (χ1v) is 11.2. The van der Waals surface area contributed by atoms with E-state index in [0.717, 1.165) is 25.7 Å². The van der Waals surface area contributed by atoms with Crippen LogP contribution in [0.25, 0.3) is 0 Å². The number of carbonyl (C=O) groups is 2. The summed E-state index contributed by atoms with van der Waals surface area (Å²) in [7, 11) is 0. The number of ketones is 1. The standard InChI is InChI=1S/C23H43NO4/c1-20(25)10-16-27-18-19-28-17-15-24-21(26)23(4)13-8-6-5-7-11-22(2,3)12-9-14-23/h5-19H2,1-4H3,(H,24,26). The highest BCUT2D eigenvalue weighted by Crippen LogP contribution is 2.37. The summed E-state index contributed by atoms with van der Waals surface area (Å²) in [6.07, 6.45) is 11.0. The SMILES string of the molecule is CC(=O)CCOCCOCCNC(=O)C1(C)CCCCCCC(C)(C)CCC1. The van der Waals surface area contributed by atoms with E-state index in [0.29, 0.717) is 44.8 Å². The molecule has 0 aromatic carbocycles. The molecule has 0 aromatic rings. The predicted molar refractivity (Wildman–Crippen MR) is 113 cm³/mol. The van der Waals surface area contributed by atoms with Crippen LogP contribution < -0.4 is 5.32 Å². The summed E-state index contributed by atoms with van der Waals surface area (Å²) in [6, 6.07) is 0. The van der Waals surface area contributed by atoms with Crippen LogP contribution in [0.3, 0.4) is 0 Å². The molecule has 0 heterocycles. The summed E-state index contributed by atoms with van der Waals surface area (Å²) in [5.41, 5.74) is 0.123. The Morgan fingerprint density at radius 3 is 2.04 bits per heavy atom. The van der Waals surface area contributed by atoms with Gasteiger partial charge in [0.2, 0.25) is 5.91 Å². The van der Waals surface area contributed by atoms with Gasteiger partial charge in [-0.05, 0) is 38.0 Å². The summed E-state index contributed by atoms with van der Waals surface area (Å²) in [5.74, 6) is 0.308. The van der Waals surface area contributed by atoms with Crippen LogP contribution in [0.2, 0.25) is 0 Å². The molecule has 1 aliphatic carbocycles. The molecular weight excluding hydrogens is 354 g/mol. The third-order valence-electron chi connectivity index (χ3n) is 5.96. The Balaban J connectivity index is 2.28. The van der Waals surface area contributed by atoms with E-state index in [1.807, 2.05) is 0 Å². The molecule has 5 nitrogen and oxygen atoms in total. The van der Waals surface area contributed by atoms with E-state index in [-0.39, 0.29) is 17.1 Å². The van der Waals surface area contributed by atoms with Gasteiger partial charge in [-0.25, -0.2) is 0 Å². The maximum absolute atomic E-state index is 12.8. The second kappa shape index (κ2) is 13.3. The monoisotopic (exact) mass is 397 g/mol. The van der Waals surface area contributed by atoms with Gasteiger partial charge in [0.15, 0.2) is 0 Å². The van der Waals surface area contributed by atoms with Gasteiger partial charge in [0.25, 0.3) is 0 Å². The lowest BCUT2D eigenvalue weighted by atomic mass is 9.76. The Labute approximate surface area is 172 Å². The Morgan fingerprint density at radius 2 is 1.36 bits per heavy atom. The molecule has 1 saturated carbocycles. The van der Waals surface area contributed by atoms with Crippen molar-refractivity contribution in [2.75, 3.05) is 33.0 Å². The molecule has 0 saturated heterocycles. The van der Waals surface area contributed by atoms with Crippen LogP contribution in [0.5, 0.6) is 0 Å². The molecule has 1 amide bonds. The van der Waals surface area contributed by atoms with Crippen molar-refractivity contribution in [2.45, 2.75) is 91.9 Å². The average Bonchev–Trinajstić information content (AvgIpc) is 2.64. The molecular formula is C23H43NO4. The number of amides is 1. The van der Waals surface area contributed by atoms with E-state index in [2.05, 4.69) is 26.1 Å². The second-order valence-corrected chi connectivity index (χ2v) is 9.43. The van der Waals surface area contributed by atoms with Gasteiger partial charge in [-0.1, -0.05) is 52.9 Å². The van der Waals surface area contributed by atoms with Gasteiger partial charge < -0.3 is 14.8 Å². The highest BCUT2D eigenvalue weighted by atomic mass is 16.5. The van der Waals surface area contributed by atoms with Gasteiger partial charge >= 0.3 is 0 Å². The fourth-order valence-corrected chi connectivity index (χ4v) is 3.89. The van der Waals surface area contributed by atoms with Crippen LogP contribution in [0.4, 0.5) is 0 Å². The zero-order chi connectivity index (χ0) is 20.9. The first-order valence-electron chi connectivity index (χ1n) is 11.2. The van der Waals surface area contributed by atoms with E-state index in [1.165, 1.54) is 32.1 Å². The predicted octanol–water partition coefficient (Wildman–Crippen LogP) is 4.67. The minimum atomic E-state index is -0.268. The fourth-order valence-electron chi connectivity index (χ4n) is 3.89. The third-order valence-corrected chi connectivity index (χ3v) is 5.96. The van der Waals surface area contributed by atoms with Gasteiger partial charge in [0, 0.05) is 18.4 Å². The van der Waals surface area contributed by atoms with Gasteiger partial charge in [-0.15, -0.1) is 0 Å². The number of rotatable bonds is 10. The molecule has 1 rings (SSSR count). The van der Waals surface area contributed by atoms with Crippen molar-refractivity contribution in [3.05, 3.63) is 0 Å². The van der Waals surface area contributed by atoms with E-state index in [4.69, 9.17) is 9.47 Å². The van der Waals surface area contributed by atoms with E-state index in [9.17, 15) is 9.59 Å². The van der Waals surface area contributed by atoms with Crippen molar-refractivity contribution >= 4 is 11.7 Å². The Bertz CT molecular complexity index is 464. The lowest BCUT2D eigenvalue weighted by Crippen LogP contribution is -2.40. The van der Waals surface area contributed by atoms with Crippen LogP contribution in [0.1, 0.15) is 91.9 Å². The topological polar surface area (TPSA) is 64.6 Å². The smallest absolute Gasteiger partial charge is 0.226 e. The van der Waals surface area contributed by atoms with Gasteiger partial charge in [-0.3, -0.25) is 9.59 Å². The molecule has 1 fully saturated rings. The summed E-state index contributed by atoms with van der Waals surface area (Å²) in [5, 5.41) is 3.08. The summed E-state index contributed by atoms with van der Waals surface area (Å²) in [4.78, 5) is 23.7. The van der Waals surface area contributed by atoms with Crippen LogP contribution in [-0.2, 0) is 19.1 Å². The van der Waals surface area contributed by atoms with Crippen molar-refractivity contribution in [1.82, 2.24) is 5.32 Å². The molecule has 1 atom stereocenters.